The van der Waals surface area contributed by atoms with Gasteiger partial charge in [0, 0.05) is 13.0 Å². The average molecular weight is 243 g/mol. The lowest BCUT2D eigenvalue weighted by Crippen LogP contribution is -2.14. The summed E-state index contributed by atoms with van der Waals surface area (Å²) >= 11 is 11.7. The summed E-state index contributed by atoms with van der Waals surface area (Å²) in [5, 5.41) is 12.7. The number of nitrogens with one attached hydrogen (secondary N) is 1. The van der Waals surface area contributed by atoms with Crippen LogP contribution >= 0.6 is 23.2 Å². The lowest BCUT2D eigenvalue weighted by molar-refractivity contribution is 0.657. The molecule has 0 spiro atoms. The molecule has 0 radical (unpaired) electrons. The van der Waals surface area contributed by atoms with Crippen LogP contribution in [0.3, 0.4) is 0 Å². The van der Waals surface area contributed by atoms with Gasteiger partial charge in [0.1, 0.15) is 0 Å². The van der Waals surface area contributed by atoms with E-state index in [0.29, 0.717) is 16.5 Å². The molecule has 0 bridgehead atoms. The van der Waals surface area contributed by atoms with Crippen molar-refractivity contribution in [1.29, 1.82) is 5.26 Å². The second kappa shape index (κ2) is 6.68. The first kappa shape index (κ1) is 12.3. The Morgan fingerprint density at radius 2 is 2.07 bits per heavy atom. The maximum absolute atomic E-state index is 8.34. The summed E-state index contributed by atoms with van der Waals surface area (Å²) in [7, 11) is 0. The smallest absolute Gasteiger partial charge is 0.0622 e. The Balaban J connectivity index is 2.32. The predicted molar refractivity (Wildman–Crippen MR) is 63.0 cm³/mol. The van der Waals surface area contributed by atoms with Crippen LogP contribution in [0, 0.1) is 11.3 Å². The fourth-order valence-corrected chi connectivity index (χ4v) is 1.50. The quantitative estimate of drug-likeness (QED) is 0.804. The first-order chi connectivity index (χ1) is 7.24. The Hall–Kier alpha value is -0.750. The van der Waals surface area contributed by atoms with Gasteiger partial charge in [0.2, 0.25) is 0 Å². The minimum atomic E-state index is 0.574. The van der Waals surface area contributed by atoms with Gasteiger partial charge in [-0.15, -0.1) is 0 Å². The van der Waals surface area contributed by atoms with Gasteiger partial charge in [-0.25, -0.2) is 0 Å². The molecule has 0 fully saturated rings. The highest BCUT2D eigenvalue weighted by Crippen LogP contribution is 2.22. The first-order valence-corrected chi connectivity index (χ1v) is 5.51. The standard InChI is InChI=1S/C11H12Cl2N2/c12-10-4-3-9(7-11(10)13)8-15-6-2-1-5-14/h3-4,7,15H,1-2,6,8H2. The summed E-state index contributed by atoms with van der Waals surface area (Å²) in [4.78, 5) is 0. The molecule has 0 aromatic heterocycles. The second-order valence-electron chi connectivity index (χ2n) is 3.19. The van der Waals surface area contributed by atoms with Gasteiger partial charge in [0.15, 0.2) is 0 Å². The topological polar surface area (TPSA) is 35.8 Å². The molecule has 1 rings (SSSR count). The van der Waals surface area contributed by atoms with Crippen molar-refractivity contribution in [3.63, 3.8) is 0 Å². The van der Waals surface area contributed by atoms with E-state index in [4.69, 9.17) is 28.5 Å². The van der Waals surface area contributed by atoms with Gasteiger partial charge in [-0.05, 0) is 30.7 Å². The van der Waals surface area contributed by atoms with Crippen molar-refractivity contribution in [1.82, 2.24) is 5.32 Å². The van der Waals surface area contributed by atoms with Gasteiger partial charge in [-0.2, -0.15) is 5.26 Å². The van der Waals surface area contributed by atoms with Crippen LogP contribution in [0.2, 0.25) is 10.0 Å². The maximum Gasteiger partial charge on any atom is 0.0622 e. The van der Waals surface area contributed by atoms with Crippen molar-refractivity contribution in [3.05, 3.63) is 33.8 Å². The summed E-state index contributed by atoms with van der Waals surface area (Å²) in [5.41, 5.74) is 1.10. The van der Waals surface area contributed by atoms with Crippen LogP contribution in [0.1, 0.15) is 18.4 Å². The molecule has 80 valence electrons. The van der Waals surface area contributed by atoms with Gasteiger partial charge in [-0.1, -0.05) is 29.3 Å². The second-order valence-corrected chi connectivity index (χ2v) is 4.00. The van der Waals surface area contributed by atoms with E-state index >= 15 is 0 Å². The number of unbranched alkanes of at least 4 members (excludes halogenated alkanes) is 1. The molecular formula is C11H12Cl2N2. The summed E-state index contributed by atoms with van der Waals surface area (Å²) < 4.78 is 0. The van der Waals surface area contributed by atoms with E-state index in [-0.39, 0.29) is 0 Å². The van der Waals surface area contributed by atoms with E-state index in [2.05, 4.69) is 11.4 Å². The van der Waals surface area contributed by atoms with Gasteiger partial charge >= 0.3 is 0 Å². The van der Waals surface area contributed by atoms with Crippen molar-refractivity contribution in [2.75, 3.05) is 6.54 Å². The number of halogens is 2. The first-order valence-electron chi connectivity index (χ1n) is 4.75. The molecular weight excluding hydrogens is 231 g/mol. The van der Waals surface area contributed by atoms with E-state index in [1.165, 1.54) is 0 Å². The number of nitrogens with zero attached hydrogens (tertiary/aromatic N) is 1. The van der Waals surface area contributed by atoms with Crippen LogP contribution in [0.15, 0.2) is 18.2 Å². The number of hydrogen-bond acceptors (Lipinski definition) is 2. The normalized spacial score (nSPS) is 9.93. The van der Waals surface area contributed by atoms with Gasteiger partial charge in [0.25, 0.3) is 0 Å². The zero-order valence-electron chi connectivity index (χ0n) is 8.26. The monoisotopic (exact) mass is 242 g/mol. The zero-order chi connectivity index (χ0) is 11.1. The van der Waals surface area contributed by atoms with Gasteiger partial charge in [0.05, 0.1) is 16.1 Å². The molecule has 1 aromatic carbocycles. The molecule has 0 amide bonds. The largest absolute Gasteiger partial charge is 0.313 e. The molecule has 1 N–H and O–H groups in total. The number of nitriles is 1. The van der Waals surface area contributed by atoms with Crippen molar-refractivity contribution < 1.29 is 0 Å². The van der Waals surface area contributed by atoms with Gasteiger partial charge < -0.3 is 5.32 Å². The predicted octanol–water partition coefficient (Wildman–Crippen LogP) is 3.39. The van der Waals surface area contributed by atoms with Crippen molar-refractivity contribution in [2.24, 2.45) is 0 Å². The number of benzene rings is 1. The van der Waals surface area contributed by atoms with Crippen LogP contribution in [-0.4, -0.2) is 6.54 Å². The summed E-state index contributed by atoms with van der Waals surface area (Å²) in [6.07, 6.45) is 1.46. The van der Waals surface area contributed by atoms with Crippen molar-refractivity contribution >= 4 is 23.2 Å². The highest BCUT2D eigenvalue weighted by atomic mass is 35.5. The fourth-order valence-electron chi connectivity index (χ4n) is 1.17. The highest BCUT2D eigenvalue weighted by Gasteiger charge is 1.98. The zero-order valence-corrected chi connectivity index (χ0v) is 9.78. The highest BCUT2D eigenvalue weighted by molar-refractivity contribution is 6.42. The lowest BCUT2D eigenvalue weighted by atomic mass is 10.2. The van der Waals surface area contributed by atoms with E-state index in [1.807, 2.05) is 12.1 Å². The third-order valence-corrected chi connectivity index (χ3v) is 2.69. The summed E-state index contributed by atoms with van der Waals surface area (Å²) in [6.45, 7) is 1.59. The van der Waals surface area contributed by atoms with Crippen LogP contribution in [0.25, 0.3) is 0 Å². The molecule has 0 heterocycles. The Morgan fingerprint density at radius 3 is 2.73 bits per heavy atom. The molecule has 0 saturated heterocycles. The van der Waals surface area contributed by atoms with E-state index in [1.54, 1.807) is 6.07 Å². The minimum Gasteiger partial charge on any atom is -0.313 e. The van der Waals surface area contributed by atoms with Gasteiger partial charge in [-0.3, -0.25) is 0 Å². The Morgan fingerprint density at radius 1 is 1.27 bits per heavy atom. The van der Waals surface area contributed by atoms with Crippen LogP contribution in [-0.2, 0) is 6.54 Å². The lowest BCUT2D eigenvalue weighted by Gasteiger charge is -2.04. The molecule has 0 saturated carbocycles. The molecule has 0 atom stereocenters. The van der Waals surface area contributed by atoms with Crippen molar-refractivity contribution in [3.8, 4) is 6.07 Å². The van der Waals surface area contributed by atoms with E-state index in [0.717, 1.165) is 25.1 Å². The number of hydrogen-bond donors (Lipinski definition) is 1. The molecule has 0 aliphatic heterocycles. The van der Waals surface area contributed by atoms with Crippen molar-refractivity contribution in [2.45, 2.75) is 19.4 Å². The number of rotatable bonds is 5. The van der Waals surface area contributed by atoms with Crippen LogP contribution < -0.4 is 5.32 Å². The maximum atomic E-state index is 8.34. The molecule has 1 aromatic rings. The van der Waals surface area contributed by atoms with Crippen LogP contribution in [0.4, 0.5) is 0 Å². The van der Waals surface area contributed by atoms with E-state index < -0.39 is 0 Å². The minimum absolute atomic E-state index is 0.574. The Labute approximate surface area is 99.8 Å². The molecule has 0 aliphatic carbocycles. The third-order valence-electron chi connectivity index (χ3n) is 1.96. The molecule has 2 nitrogen and oxygen atoms in total. The summed E-state index contributed by atoms with van der Waals surface area (Å²) in [5.74, 6) is 0. The summed E-state index contributed by atoms with van der Waals surface area (Å²) in [6, 6.07) is 7.68. The SMILES string of the molecule is N#CCCCNCc1ccc(Cl)c(Cl)c1. The third kappa shape index (κ3) is 4.53. The Bertz CT molecular complexity index is 358. The van der Waals surface area contributed by atoms with E-state index in [9.17, 15) is 0 Å². The Kier molecular flexibility index (Phi) is 5.49. The molecule has 4 heteroatoms. The molecule has 0 unspecified atom stereocenters. The fraction of sp³-hybridized carbons (Fsp3) is 0.364. The van der Waals surface area contributed by atoms with Crippen LogP contribution in [0.5, 0.6) is 0 Å². The molecule has 15 heavy (non-hydrogen) atoms. The average Bonchev–Trinajstić information content (AvgIpc) is 2.23. The molecule has 0 aliphatic rings.